The fraction of sp³-hybridized carbons (Fsp3) is 1.00. The summed E-state index contributed by atoms with van der Waals surface area (Å²) in [6.07, 6.45) is 6.34. The molecule has 9 heteroatoms. The SMILES string of the molecule is CCCCCCCCOS(=O)(=O)O.O=S([O-])O. The quantitative estimate of drug-likeness (QED) is 0.394. The van der Waals surface area contributed by atoms with Gasteiger partial charge < -0.3 is 9.11 Å². The fourth-order valence-corrected chi connectivity index (χ4v) is 1.38. The molecule has 0 bridgehead atoms. The molecule has 0 heterocycles. The van der Waals surface area contributed by atoms with Crippen LogP contribution >= 0.6 is 0 Å². The predicted molar refractivity (Wildman–Crippen MR) is 62.4 cm³/mol. The highest BCUT2D eigenvalue weighted by molar-refractivity contribution is 7.80. The molecule has 0 saturated carbocycles. The van der Waals surface area contributed by atoms with Crippen molar-refractivity contribution in [1.29, 1.82) is 0 Å². The molecule has 0 aromatic heterocycles. The van der Waals surface area contributed by atoms with E-state index in [4.69, 9.17) is 17.9 Å². The summed E-state index contributed by atoms with van der Waals surface area (Å²) in [5, 5.41) is 0. The van der Waals surface area contributed by atoms with Crippen LogP contribution in [0.3, 0.4) is 0 Å². The summed E-state index contributed by atoms with van der Waals surface area (Å²) >= 11 is -2.86. The Morgan fingerprint density at radius 2 is 1.59 bits per heavy atom. The third-order valence-corrected chi connectivity index (χ3v) is 2.19. The first-order chi connectivity index (χ1) is 7.79. The molecule has 106 valence electrons. The second-order valence-corrected chi connectivity index (χ2v) is 4.76. The summed E-state index contributed by atoms with van der Waals surface area (Å²) in [5.41, 5.74) is 0. The van der Waals surface area contributed by atoms with Crippen LogP contribution in [0.1, 0.15) is 45.4 Å². The molecule has 0 fully saturated rings. The van der Waals surface area contributed by atoms with Gasteiger partial charge in [0.05, 0.1) is 18.0 Å². The van der Waals surface area contributed by atoms with E-state index in [2.05, 4.69) is 11.1 Å². The second kappa shape index (κ2) is 12.4. The molecule has 7 nitrogen and oxygen atoms in total. The maximum Gasteiger partial charge on any atom is 0.397 e. The van der Waals surface area contributed by atoms with Crippen LogP contribution in [-0.2, 0) is 25.9 Å². The lowest BCUT2D eigenvalue weighted by Gasteiger charge is -2.00. The Hall–Kier alpha value is -0.0600. The van der Waals surface area contributed by atoms with Gasteiger partial charge in [0.1, 0.15) is 0 Å². The molecule has 0 aliphatic carbocycles. The average molecular weight is 291 g/mol. The Kier molecular flexibility index (Phi) is 14.1. The largest absolute Gasteiger partial charge is 0.750 e. The van der Waals surface area contributed by atoms with E-state index in [1.165, 1.54) is 19.3 Å². The molecule has 1 atom stereocenters. The smallest absolute Gasteiger partial charge is 0.397 e. The Morgan fingerprint density at radius 3 is 2.00 bits per heavy atom. The Bertz CT molecular complexity index is 272. The van der Waals surface area contributed by atoms with Crippen LogP contribution in [0.25, 0.3) is 0 Å². The maximum atomic E-state index is 10.1. The van der Waals surface area contributed by atoms with E-state index in [1.54, 1.807) is 0 Å². The van der Waals surface area contributed by atoms with Gasteiger partial charge in [0.15, 0.2) is 0 Å². The first-order valence-electron chi connectivity index (χ1n) is 5.19. The zero-order valence-electron chi connectivity index (χ0n) is 9.70. The summed E-state index contributed by atoms with van der Waals surface area (Å²) in [6, 6.07) is 0. The minimum absolute atomic E-state index is 0.0883. The zero-order chi connectivity index (χ0) is 13.7. The third-order valence-electron chi connectivity index (χ3n) is 1.73. The molecule has 0 aromatic carbocycles. The molecule has 17 heavy (non-hydrogen) atoms. The van der Waals surface area contributed by atoms with Crippen LogP contribution < -0.4 is 0 Å². The number of unbranched alkanes of at least 4 members (excludes halogenated alkanes) is 5. The Balaban J connectivity index is 0. The van der Waals surface area contributed by atoms with E-state index in [9.17, 15) is 8.42 Å². The monoisotopic (exact) mass is 291 g/mol. The van der Waals surface area contributed by atoms with Gasteiger partial charge in [-0.2, -0.15) is 8.42 Å². The van der Waals surface area contributed by atoms with E-state index in [-0.39, 0.29) is 6.61 Å². The van der Waals surface area contributed by atoms with Gasteiger partial charge in [0, 0.05) is 0 Å². The predicted octanol–water partition coefficient (Wildman–Crippen LogP) is 1.50. The number of rotatable bonds is 8. The van der Waals surface area contributed by atoms with Gasteiger partial charge in [0.2, 0.25) is 0 Å². The van der Waals surface area contributed by atoms with Crippen LogP contribution in [0.5, 0.6) is 0 Å². The summed E-state index contributed by atoms with van der Waals surface area (Å²) in [4.78, 5) is 0. The minimum Gasteiger partial charge on any atom is -0.750 e. The van der Waals surface area contributed by atoms with Crippen molar-refractivity contribution in [2.75, 3.05) is 6.61 Å². The Morgan fingerprint density at radius 1 is 1.18 bits per heavy atom. The zero-order valence-corrected chi connectivity index (χ0v) is 11.3. The summed E-state index contributed by atoms with van der Waals surface area (Å²) in [6.45, 7) is 2.23. The van der Waals surface area contributed by atoms with E-state index in [0.717, 1.165) is 12.8 Å². The van der Waals surface area contributed by atoms with Crippen molar-refractivity contribution in [2.45, 2.75) is 45.4 Å². The van der Waals surface area contributed by atoms with Gasteiger partial charge in [-0.3, -0.25) is 4.55 Å². The average Bonchev–Trinajstić information content (AvgIpc) is 2.14. The van der Waals surface area contributed by atoms with Crippen molar-refractivity contribution >= 4 is 21.8 Å². The molecule has 0 amide bonds. The normalized spacial score (nSPS) is 12.7. The first-order valence-corrected chi connectivity index (χ1v) is 7.59. The van der Waals surface area contributed by atoms with Crippen LogP contribution in [0.4, 0.5) is 0 Å². The standard InChI is InChI=1S/C8H18O4S.H2O3S/c1-2-3-4-5-6-7-8-12-13(9,10)11;1-4(2)3/h2-8H2,1H3,(H,9,10,11);(H2,1,2,3)/p-1. The van der Waals surface area contributed by atoms with Crippen molar-refractivity contribution in [2.24, 2.45) is 0 Å². The first kappa shape index (κ1) is 19.3. The number of hydrogen-bond donors (Lipinski definition) is 2. The van der Waals surface area contributed by atoms with Crippen molar-refractivity contribution < 1.29 is 30.5 Å². The fourth-order valence-electron chi connectivity index (χ4n) is 1.05. The summed E-state index contributed by atoms with van der Waals surface area (Å²) in [7, 11) is -4.22. The molecule has 0 saturated heterocycles. The molecular formula is C8H19O7S2-. The second-order valence-electron chi connectivity index (χ2n) is 3.23. The highest BCUT2D eigenvalue weighted by atomic mass is 32.3. The maximum absolute atomic E-state index is 10.1. The van der Waals surface area contributed by atoms with Crippen LogP contribution in [0.2, 0.25) is 0 Å². The molecule has 0 aromatic rings. The molecular weight excluding hydrogens is 272 g/mol. The van der Waals surface area contributed by atoms with Gasteiger partial charge in [-0.1, -0.05) is 39.0 Å². The van der Waals surface area contributed by atoms with Crippen molar-refractivity contribution in [1.82, 2.24) is 0 Å². The van der Waals surface area contributed by atoms with Gasteiger partial charge in [-0.05, 0) is 6.42 Å². The number of hydrogen-bond acceptors (Lipinski definition) is 5. The van der Waals surface area contributed by atoms with Crippen LogP contribution in [-0.4, -0.2) is 32.9 Å². The van der Waals surface area contributed by atoms with Gasteiger partial charge in [-0.15, -0.1) is 0 Å². The topological polar surface area (TPSA) is 124 Å². The van der Waals surface area contributed by atoms with Crippen molar-refractivity contribution in [3.05, 3.63) is 0 Å². The lowest BCUT2D eigenvalue weighted by molar-refractivity contribution is 0.261. The Labute approximate surface area is 105 Å². The molecule has 0 radical (unpaired) electrons. The third kappa shape index (κ3) is 31.4. The van der Waals surface area contributed by atoms with E-state index in [0.29, 0.717) is 6.42 Å². The summed E-state index contributed by atoms with van der Waals surface area (Å²) in [5.74, 6) is 0. The minimum atomic E-state index is -4.22. The molecule has 0 aliphatic rings. The lowest BCUT2D eigenvalue weighted by Crippen LogP contribution is -2.04. The summed E-state index contributed by atoms with van der Waals surface area (Å²) < 4.78 is 56.7. The van der Waals surface area contributed by atoms with E-state index < -0.39 is 21.8 Å². The van der Waals surface area contributed by atoms with Crippen LogP contribution in [0.15, 0.2) is 0 Å². The van der Waals surface area contributed by atoms with Crippen molar-refractivity contribution in [3.63, 3.8) is 0 Å². The molecule has 0 aliphatic heterocycles. The molecule has 2 N–H and O–H groups in total. The van der Waals surface area contributed by atoms with Crippen LogP contribution in [0, 0.1) is 0 Å². The highest BCUT2D eigenvalue weighted by Gasteiger charge is 2.02. The van der Waals surface area contributed by atoms with Gasteiger partial charge in [0.25, 0.3) is 0 Å². The van der Waals surface area contributed by atoms with Gasteiger partial charge >= 0.3 is 10.4 Å². The lowest BCUT2D eigenvalue weighted by atomic mass is 10.1. The van der Waals surface area contributed by atoms with Gasteiger partial charge in [-0.25, -0.2) is 8.39 Å². The van der Waals surface area contributed by atoms with E-state index >= 15 is 0 Å². The highest BCUT2D eigenvalue weighted by Crippen LogP contribution is 2.05. The van der Waals surface area contributed by atoms with E-state index in [1.807, 2.05) is 0 Å². The molecule has 0 rings (SSSR count). The van der Waals surface area contributed by atoms with Crippen molar-refractivity contribution in [3.8, 4) is 0 Å². The molecule has 1 unspecified atom stereocenters. The molecule has 0 spiro atoms.